The smallest absolute Gasteiger partial charge is 0.223 e. The van der Waals surface area contributed by atoms with Crippen molar-refractivity contribution in [2.45, 2.75) is 24.3 Å². The monoisotopic (exact) mass is 221 g/mol. The van der Waals surface area contributed by atoms with Gasteiger partial charge in [-0.3, -0.25) is 4.79 Å². The van der Waals surface area contributed by atoms with Crippen molar-refractivity contribution < 1.29 is 9.90 Å². The van der Waals surface area contributed by atoms with E-state index >= 15 is 0 Å². The zero-order chi connectivity index (χ0) is 8.43. The summed E-state index contributed by atoms with van der Waals surface area (Å²) in [5.41, 5.74) is 0. The highest BCUT2D eigenvalue weighted by Crippen LogP contribution is 2.17. The summed E-state index contributed by atoms with van der Waals surface area (Å²) in [6.45, 7) is 2.87. The molecule has 1 fully saturated rings. The number of alkyl halides is 1. The highest BCUT2D eigenvalue weighted by atomic mass is 79.9. The van der Waals surface area contributed by atoms with Gasteiger partial charge in [0.25, 0.3) is 0 Å². The molecule has 1 amide bonds. The summed E-state index contributed by atoms with van der Waals surface area (Å²) in [5.74, 6) is 0.132. The van der Waals surface area contributed by atoms with Crippen LogP contribution in [-0.2, 0) is 4.79 Å². The Kier molecular flexibility index (Phi) is 2.90. The molecule has 0 bridgehead atoms. The molecule has 0 aromatic carbocycles. The van der Waals surface area contributed by atoms with Gasteiger partial charge in [-0.2, -0.15) is 0 Å². The summed E-state index contributed by atoms with van der Waals surface area (Å²) in [6, 6.07) is 0. The Bertz CT molecular complexity index is 161. The van der Waals surface area contributed by atoms with Crippen molar-refractivity contribution in [2.75, 3.05) is 13.1 Å². The first-order valence-corrected chi connectivity index (χ1v) is 4.61. The SMILES string of the molecule is C[C@H](O)CN1CC(Br)CC1=O. The number of rotatable bonds is 2. The Balaban J connectivity index is 2.41. The second kappa shape index (κ2) is 3.54. The number of aliphatic hydroxyl groups is 1. The number of carbonyl (C=O) groups is 1. The molecule has 0 aliphatic carbocycles. The Morgan fingerprint density at radius 3 is 2.91 bits per heavy atom. The van der Waals surface area contributed by atoms with Crippen LogP contribution >= 0.6 is 15.9 Å². The summed E-state index contributed by atoms with van der Waals surface area (Å²) >= 11 is 3.36. The molecule has 0 aromatic heterocycles. The van der Waals surface area contributed by atoms with Crippen molar-refractivity contribution in [1.82, 2.24) is 4.90 Å². The van der Waals surface area contributed by atoms with Gasteiger partial charge in [0.2, 0.25) is 5.91 Å². The lowest BCUT2D eigenvalue weighted by Gasteiger charge is -2.16. The molecule has 0 saturated carbocycles. The van der Waals surface area contributed by atoms with E-state index < -0.39 is 6.10 Å². The molecule has 3 nitrogen and oxygen atoms in total. The molecule has 1 aliphatic heterocycles. The number of amides is 1. The fourth-order valence-electron chi connectivity index (χ4n) is 1.22. The van der Waals surface area contributed by atoms with Crippen molar-refractivity contribution in [3.63, 3.8) is 0 Å². The Morgan fingerprint density at radius 1 is 1.91 bits per heavy atom. The molecule has 0 aromatic rings. The fraction of sp³-hybridized carbons (Fsp3) is 0.857. The molecule has 1 saturated heterocycles. The second-order valence-corrected chi connectivity index (χ2v) is 4.24. The molecule has 1 N–H and O–H groups in total. The number of nitrogens with zero attached hydrogens (tertiary/aromatic N) is 1. The van der Waals surface area contributed by atoms with Gasteiger partial charge in [0.1, 0.15) is 0 Å². The van der Waals surface area contributed by atoms with E-state index in [9.17, 15) is 4.79 Å². The number of halogens is 1. The van der Waals surface area contributed by atoms with E-state index in [4.69, 9.17) is 5.11 Å². The van der Waals surface area contributed by atoms with Crippen LogP contribution in [0.25, 0.3) is 0 Å². The van der Waals surface area contributed by atoms with Gasteiger partial charge in [0, 0.05) is 24.3 Å². The van der Waals surface area contributed by atoms with Crippen LogP contribution < -0.4 is 0 Å². The number of aliphatic hydroxyl groups excluding tert-OH is 1. The molecule has 0 radical (unpaired) electrons. The second-order valence-electron chi connectivity index (χ2n) is 2.95. The maximum Gasteiger partial charge on any atom is 0.223 e. The van der Waals surface area contributed by atoms with E-state index in [1.54, 1.807) is 11.8 Å². The van der Waals surface area contributed by atoms with E-state index in [2.05, 4.69) is 15.9 Å². The summed E-state index contributed by atoms with van der Waals surface area (Å²) in [4.78, 5) is 13.1. The molecule has 1 unspecified atom stereocenters. The third-order valence-electron chi connectivity index (χ3n) is 1.65. The van der Waals surface area contributed by atoms with Crippen LogP contribution in [0.4, 0.5) is 0 Å². The van der Waals surface area contributed by atoms with Gasteiger partial charge in [-0.15, -0.1) is 0 Å². The van der Waals surface area contributed by atoms with Crippen molar-refractivity contribution >= 4 is 21.8 Å². The molecule has 1 heterocycles. The molecule has 1 aliphatic rings. The molecular formula is C7H12BrNO2. The van der Waals surface area contributed by atoms with Gasteiger partial charge in [0.05, 0.1) is 6.10 Å². The number of carbonyl (C=O) groups excluding carboxylic acids is 1. The Morgan fingerprint density at radius 2 is 2.55 bits per heavy atom. The Hall–Kier alpha value is -0.0900. The maximum absolute atomic E-state index is 11.1. The van der Waals surface area contributed by atoms with Gasteiger partial charge in [0.15, 0.2) is 0 Å². The molecule has 2 atom stereocenters. The number of hydrogen-bond acceptors (Lipinski definition) is 2. The van der Waals surface area contributed by atoms with Crippen LogP contribution in [0.3, 0.4) is 0 Å². The van der Waals surface area contributed by atoms with Crippen molar-refractivity contribution in [3.8, 4) is 0 Å². The average molecular weight is 222 g/mol. The molecule has 11 heavy (non-hydrogen) atoms. The van der Waals surface area contributed by atoms with E-state index in [0.29, 0.717) is 13.0 Å². The third kappa shape index (κ3) is 2.45. The highest BCUT2D eigenvalue weighted by molar-refractivity contribution is 9.09. The lowest BCUT2D eigenvalue weighted by molar-refractivity contribution is -0.128. The number of likely N-dealkylation sites (tertiary alicyclic amines) is 1. The van der Waals surface area contributed by atoms with Crippen LogP contribution in [0.2, 0.25) is 0 Å². The maximum atomic E-state index is 11.1. The number of β-amino-alcohol motifs (C(OH)–C–C–N with tert-alkyl or cyclic N) is 1. The molecular weight excluding hydrogens is 210 g/mol. The summed E-state index contributed by atoms with van der Waals surface area (Å²) < 4.78 is 0. The lowest BCUT2D eigenvalue weighted by Crippen LogP contribution is -2.32. The van der Waals surface area contributed by atoms with Crippen LogP contribution in [0.5, 0.6) is 0 Å². The van der Waals surface area contributed by atoms with E-state index in [1.165, 1.54) is 0 Å². The van der Waals surface area contributed by atoms with E-state index in [0.717, 1.165) is 6.54 Å². The number of hydrogen-bond donors (Lipinski definition) is 1. The minimum absolute atomic E-state index is 0.132. The van der Waals surface area contributed by atoms with Crippen LogP contribution in [0, 0.1) is 0 Å². The summed E-state index contributed by atoms with van der Waals surface area (Å²) in [6.07, 6.45) is 0.143. The van der Waals surface area contributed by atoms with Gasteiger partial charge >= 0.3 is 0 Å². The van der Waals surface area contributed by atoms with Crippen LogP contribution in [-0.4, -0.2) is 39.9 Å². The van der Waals surface area contributed by atoms with E-state index in [1.807, 2.05) is 0 Å². The summed E-state index contributed by atoms with van der Waals surface area (Å²) in [7, 11) is 0. The largest absolute Gasteiger partial charge is 0.392 e. The lowest BCUT2D eigenvalue weighted by atomic mass is 10.4. The predicted molar refractivity (Wildman–Crippen MR) is 45.6 cm³/mol. The molecule has 4 heteroatoms. The highest BCUT2D eigenvalue weighted by Gasteiger charge is 2.27. The quantitative estimate of drug-likeness (QED) is 0.685. The zero-order valence-corrected chi connectivity index (χ0v) is 8.04. The predicted octanol–water partition coefficient (Wildman–Crippen LogP) is 0.363. The van der Waals surface area contributed by atoms with Gasteiger partial charge in [-0.05, 0) is 6.92 Å². The van der Waals surface area contributed by atoms with Crippen LogP contribution in [0.15, 0.2) is 0 Å². The van der Waals surface area contributed by atoms with E-state index in [-0.39, 0.29) is 10.7 Å². The Labute approximate surface area is 74.5 Å². The van der Waals surface area contributed by atoms with Crippen molar-refractivity contribution in [1.29, 1.82) is 0 Å². The van der Waals surface area contributed by atoms with Gasteiger partial charge in [-0.25, -0.2) is 0 Å². The molecule has 1 rings (SSSR count). The third-order valence-corrected chi connectivity index (χ3v) is 2.27. The van der Waals surface area contributed by atoms with Gasteiger partial charge in [-0.1, -0.05) is 15.9 Å². The van der Waals surface area contributed by atoms with Gasteiger partial charge < -0.3 is 10.0 Å². The first-order valence-electron chi connectivity index (χ1n) is 3.69. The average Bonchev–Trinajstić information content (AvgIpc) is 2.09. The first kappa shape index (κ1) is 9.00. The van der Waals surface area contributed by atoms with Crippen molar-refractivity contribution in [2.24, 2.45) is 0 Å². The standard InChI is InChI=1S/C7H12BrNO2/c1-5(10)3-9-4-6(8)2-7(9)11/h5-6,10H,2-4H2,1H3/t5-,6?/m0/s1. The van der Waals surface area contributed by atoms with Crippen LogP contribution in [0.1, 0.15) is 13.3 Å². The normalized spacial score (nSPS) is 27.7. The molecule has 64 valence electrons. The fourth-order valence-corrected chi connectivity index (χ4v) is 1.85. The first-order chi connectivity index (χ1) is 5.09. The molecule has 0 spiro atoms. The topological polar surface area (TPSA) is 40.5 Å². The minimum atomic E-state index is -0.420. The summed E-state index contributed by atoms with van der Waals surface area (Å²) in [5, 5.41) is 9.01. The zero-order valence-electron chi connectivity index (χ0n) is 6.46. The minimum Gasteiger partial charge on any atom is -0.392 e. The van der Waals surface area contributed by atoms with Crippen molar-refractivity contribution in [3.05, 3.63) is 0 Å².